The third-order valence-corrected chi connectivity index (χ3v) is 3.79. The molecule has 0 unspecified atom stereocenters. The number of rotatable bonds is 2. The molecule has 2 heterocycles. The van der Waals surface area contributed by atoms with Gasteiger partial charge in [-0.25, -0.2) is 8.78 Å². The van der Waals surface area contributed by atoms with E-state index in [1.165, 1.54) is 0 Å². The Morgan fingerprint density at radius 1 is 1.24 bits per heavy atom. The molecule has 0 fully saturated rings. The van der Waals surface area contributed by atoms with Crippen molar-refractivity contribution in [3.8, 4) is 0 Å². The molecule has 2 aromatic rings. The minimum absolute atomic E-state index is 0.118. The van der Waals surface area contributed by atoms with Gasteiger partial charge in [-0.1, -0.05) is 23.4 Å². The summed E-state index contributed by atoms with van der Waals surface area (Å²) >= 11 is 6.92. The van der Waals surface area contributed by atoms with Crippen molar-refractivity contribution in [3.63, 3.8) is 0 Å². The predicted molar refractivity (Wildman–Crippen MR) is 62.3 cm³/mol. The summed E-state index contributed by atoms with van der Waals surface area (Å²) in [6.07, 6.45) is 3.47. The molecule has 0 aliphatic heterocycles. The third kappa shape index (κ3) is 2.56. The maximum atomic E-state index is 13.4. The first kappa shape index (κ1) is 12.3. The summed E-state index contributed by atoms with van der Waals surface area (Å²) in [5, 5.41) is 0.396. The van der Waals surface area contributed by atoms with Crippen LogP contribution >= 0.6 is 23.4 Å². The third-order valence-electron chi connectivity index (χ3n) is 2.05. The molecule has 17 heavy (non-hydrogen) atoms. The van der Waals surface area contributed by atoms with Crippen molar-refractivity contribution in [1.29, 1.82) is 0 Å². The molecule has 0 spiro atoms. The van der Waals surface area contributed by atoms with Crippen LogP contribution < -0.4 is 0 Å². The van der Waals surface area contributed by atoms with Crippen LogP contribution in [0.25, 0.3) is 0 Å². The second-order valence-corrected chi connectivity index (χ2v) is 4.67. The predicted octanol–water partition coefficient (Wildman–Crippen LogP) is 3.87. The largest absolute Gasteiger partial charge is 0.260 e. The summed E-state index contributed by atoms with van der Waals surface area (Å²) in [6, 6.07) is 1.61. The van der Waals surface area contributed by atoms with E-state index in [2.05, 4.69) is 9.97 Å². The molecule has 0 aromatic carbocycles. The van der Waals surface area contributed by atoms with Crippen molar-refractivity contribution in [3.05, 3.63) is 47.0 Å². The van der Waals surface area contributed by atoms with Gasteiger partial charge in [0.2, 0.25) is 0 Å². The average Bonchev–Trinajstić information content (AvgIpc) is 2.29. The summed E-state index contributed by atoms with van der Waals surface area (Å²) in [4.78, 5) is 7.84. The van der Waals surface area contributed by atoms with Gasteiger partial charge in [0, 0.05) is 11.1 Å². The minimum atomic E-state index is -0.708. The molecular formula is C11H7ClF2N2S. The smallest absolute Gasteiger partial charge is 0.158 e. The van der Waals surface area contributed by atoms with E-state index in [0.29, 0.717) is 15.6 Å². The second kappa shape index (κ2) is 4.98. The van der Waals surface area contributed by atoms with Crippen molar-refractivity contribution in [2.75, 3.05) is 0 Å². The van der Waals surface area contributed by atoms with Crippen LogP contribution in [0.5, 0.6) is 0 Å². The topological polar surface area (TPSA) is 25.8 Å². The molecule has 6 heteroatoms. The highest BCUT2D eigenvalue weighted by Crippen LogP contribution is 2.36. The molecule has 0 radical (unpaired) electrons. The van der Waals surface area contributed by atoms with Crippen LogP contribution in [0, 0.1) is 18.6 Å². The van der Waals surface area contributed by atoms with Gasteiger partial charge < -0.3 is 0 Å². The molecular weight excluding hydrogens is 266 g/mol. The molecule has 0 saturated heterocycles. The van der Waals surface area contributed by atoms with E-state index in [0.717, 1.165) is 24.2 Å². The minimum Gasteiger partial charge on any atom is -0.260 e. The van der Waals surface area contributed by atoms with Gasteiger partial charge in [0.25, 0.3) is 0 Å². The fourth-order valence-corrected chi connectivity index (χ4v) is 2.32. The summed E-state index contributed by atoms with van der Waals surface area (Å²) in [6.45, 7) is 1.73. The van der Waals surface area contributed by atoms with Crippen LogP contribution in [-0.2, 0) is 0 Å². The van der Waals surface area contributed by atoms with Crippen molar-refractivity contribution >= 4 is 23.4 Å². The lowest BCUT2D eigenvalue weighted by Crippen LogP contribution is -1.91. The highest BCUT2D eigenvalue weighted by Gasteiger charge is 2.13. The number of halogens is 3. The highest BCUT2D eigenvalue weighted by molar-refractivity contribution is 7.99. The number of pyridine rings is 2. The summed E-state index contributed by atoms with van der Waals surface area (Å²) in [7, 11) is 0. The summed E-state index contributed by atoms with van der Waals surface area (Å²) < 4.78 is 26.8. The van der Waals surface area contributed by atoms with Crippen LogP contribution in [0.2, 0.25) is 5.02 Å². The molecule has 0 atom stereocenters. The fraction of sp³-hybridized carbons (Fsp3) is 0.0909. The quantitative estimate of drug-likeness (QED) is 0.830. The standard InChI is InChI=1S/C11H7ClF2N2S/c1-6-10(12)9(2-3-16-6)17-11-7(13)4-15-5-8(11)14/h2-5H,1H3. The number of nitrogens with zero attached hydrogens (tertiary/aromatic N) is 2. The molecule has 0 aliphatic rings. The zero-order chi connectivity index (χ0) is 12.4. The number of hydrogen-bond acceptors (Lipinski definition) is 3. The van der Waals surface area contributed by atoms with Crippen LogP contribution in [0.1, 0.15) is 5.69 Å². The maximum Gasteiger partial charge on any atom is 0.158 e. The Kier molecular flexibility index (Phi) is 3.59. The van der Waals surface area contributed by atoms with E-state index in [-0.39, 0.29) is 4.90 Å². The molecule has 0 bridgehead atoms. The van der Waals surface area contributed by atoms with Crippen LogP contribution in [-0.4, -0.2) is 9.97 Å². The first-order valence-corrected chi connectivity index (χ1v) is 5.87. The zero-order valence-electron chi connectivity index (χ0n) is 8.75. The van der Waals surface area contributed by atoms with Crippen LogP contribution in [0.15, 0.2) is 34.4 Å². The van der Waals surface area contributed by atoms with E-state index >= 15 is 0 Å². The molecule has 0 N–H and O–H groups in total. The Bertz CT molecular complexity index is 543. The molecule has 2 nitrogen and oxygen atoms in total. The number of aromatic nitrogens is 2. The molecule has 0 saturated carbocycles. The Labute approximate surface area is 106 Å². The highest BCUT2D eigenvalue weighted by atomic mass is 35.5. The Balaban J connectivity index is 2.42. The molecule has 0 amide bonds. The summed E-state index contributed by atoms with van der Waals surface area (Å²) in [5.41, 5.74) is 0.617. The van der Waals surface area contributed by atoms with Gasteiger partial charge in [-0.3, -0.25) is 9.97 Å². The monoisotopic (exact) mass is 272 g/mol. The summed E-state index contributed by atoms with van der Waals surface area (Å²) in [5.74, 6) is -1.42. The van der Waals surface area contributed by atoms with Gasteiger partial charge in [-0.15, -0.1) is 0 Å². The number of hydrogen-bond donors (Lipinski definition) is 0. The van der Waals surface area contributed by atoms with Gasteiger partial charge in [-0.2, -0.15) is 0 Å². The molecule has 88 valence electrons. The van der Waals surface area contributed by atoms with Crippen LogP contribution in [0.4, 0.5) is 8.78 Å². The van der Waals surface area contributed by atoms with Crippen LogP contribution in [0.3, 0.4) is 0 Å². The fourth-order valence-electron chi connectivity index (χ4n) is 1.21. The molecule has 2 rings (SSSR count). The lowest BCUT2D eigenvalue weighted by molar-refractivity contribution is 0.530. The Hall–Kier alpha value is -1.20. The maximum absolute atomic E-state index is 13.4. The van der Waals surface area contributed by atoms with E-state index in [9.17, 15) is 8.78 Å². The normalized spacial score (nSPS) is 10.6. The van der Waals surface area contributed by atoms with Crippen molar-refractivity contribution in [2.45, 2.75) is 16.7 Å². The SMILES string of the molecule is Cc1nccc(Sc2c(F)cncc2F)c1Cl. The van der Waals surface area contributed by atoms with E-state index in [1.54, 1.807) is 19.2 Å². The molecule has 0 aliphatic carbocycles. The van der Waals surface area contributed by atoms with E-state index in [1.807, 2.05) is 0 Å². The van der Waals surface area contributed by atoms with Crippen molar-refractivity contribution < 1.29 is 8.78 Å². The van der Waals surface area contributed by atoms with Crippen molar-refractivity contribution in [2.24, 2.45) is 0 Å². The average molecular weight is 273 g/mol. The van der Waals surface area contributed by atoms with Gasteiger partial charge in [0.1, 0.15) is 0 Å². The second-order valence-electron chi connectivity index (χ2n) is 3.24. The Morgan fingerprint density at radius 3 is 2.53 bits per heavy atom. The lowest BCUT2D eigenvalue weighted by atomic mass is 10.4. The van der Waals surface area contributed by atoms with E-state index in [4.69, 9.17) is 11.6 Å². The zero-order valence-corrected chi connectivity index (χ0v) is 10.3. The first-order valence-electron chi connectivity index (χ1n) is 4.67. The lowest BCUT2D eigenvalue weighted by Gasteiger charge is -2.06. The van der Waals surface area contributed by atoms with Crippen molar-refractivity contribution in [1.82, 2.24) is 9.97 Å². The number of aryl methyl sites for hydroxylation is 1. The van der Waals surface area contributed by atoms with Gasteiger partial charge in [-0.05, 0) is 13.0 Å². The first-order chi connectivity index (χ1) is 8.09. The molecule has 2 aromatic heterocycles. The van der Waals surface area contributed by atoms with Gasteiger partial charge >= 0.3 is 0 Å². The Morgan fingerprint density at radius 2 is 1.88 bits per heavy atom. The van der Waals surface area contributed by atoms with Gasteiger partial charge in [0.15, 0.2) is 11.6 Å². The van der Waals surface area contributed by atoms with E-state index < -0.39 is 11.6 Å². The van der Waals surface area contributed by atoms with Gasteiger partial charge in [0.05, 0.1) is 28.0 Å².